The fourth-order valence-corrected chi connectivity index (χ4v) is 3.94. The predicted octanol–water partition coefficient (Wildman–Crippen LogP) is 3.09. The molecule has 1 aliphatic heterocycles. The highest BCUT2D eigenvalue weighted by atomic mass is 16.5. The van der Waals surface area contributed by atoms with Crippen LogP contribution in [0.25, 0.3) is 0 Å². The maximum absolute atomic E-state index is 12.8. The quantitative estimate of drug-likeness (QED) is 0.869. The van der Waals surface area contributed by atoms with Crippen molar-refractivity contribution in [3.05, 3.63) is 47.7 Å². The Balaban J connectivity index is 1.42. The van der Waals surface area contributed by atoms with Gasteiger partial charge in [-0.25, -0.2) is 0 Å². The van der Waals surface area contributed by atoms with Crippen molar-refractivity contribution in [3.63, 3.8) is 0 Å². The first-order valence-corrected chi connectivity index (χ1v) is 9.99. The number of hydrogen-bond acceptors (Lipinski definition) is 4. The van der Waals surface area contributed by atoms with Gasteiger partial charge in [0.25, 0.3) is 5.91 Å². The van der Waals surface area contributed by atoms with Crippen molar-refractivity contribution >= 4 is 17.5 Å². The maximum atomic E-state index is 12.8. The first-order valence-electron chi connectivity index (χ1n) is 9.99. The van der Waals surface area contributed by atoms with Crippen molar-refractivity contribution < 1.29 is 19.1 Å². The number of ether oxygens (including phenoxy) is 2. The largest absolute Gasteiger partial charge is 0.491 e. The van der Waals surface area contributed by atoms with Gasteiger partial charge in [-0.3, -0.25) is 9.59 Å². The molecule has 0 spiro atoms. The number of carbonyl (C=O) groups is 2. The Morgan fingerprint density at radius 3 is 2.86 bits per heavy atom. The van der Waals surface area contributed by atoms with Crippen LogP contribution >= 0.6 is 0 Å². The lowest BCUT2D eigenvalue weighted by atomic mass is 10.0. The first-order chi connectivity index (χ1) is 13.6. The van der Waals surface area contributed by atoms with Crippen molar-refractivity contribution in [1.82, 2.24) is 5.32 Å². The molecule has 1 aromatic rings. The molecule has 148 valence electrons. The van der Waals surface area contributed by atoms with E-state index in [0.29, 0.717) is 23.4 Å². The van der Waals surface area contributed by atoms with Gasteiger partial charge in [0.05, 0.1) is 11.8 Å². The summed E-state index contributed by atoms with van der Waals surface area (Å²) in [5, 5.41) is 2.85. The number of nitrogens with zero attached hydrogens (tertiary/aromatic N) is 1. The number of benzene rings is 1. The van der Waals surface area contributed by atoms with E-state index in [1.165, 1.54) is 17.7 Å². The lowest BCUT2D eigenvalue weighted by Crippen LogP contribution is -2.49. The van der Waals surface area contributed by atoms with E-state index < -0.39 is 6.04 Å². The van der Waals surface area contributed by atoms with E-state index in [4.69, 9.17) is 9.47 Å². The van der Waals surface area contributed by atoms with E-state index in [1.807, 2.05) is 36.4 Å². The summed E-state index contributed by atoms with van der Waals surface area (Å²) in [5.41, 5.74) is 1.35. The van der Waals surface area contributed by atoms with E-state index >= 15 is 0 Å². The van der Waals surface area contributed by atoms with E-state index in [2.05, 4.69) is 5.32 Å². The maximum Gasteiger partial charge on any atom is 0.252 e. The highest BCUT2D eigenvalue weighted by Crippen LogP contribution is 2.30. The lowest BCUT2D eigenvalue weighted by molar-refractivity contribution is -0.126. The summed E-state index contributed by atoms with van der Waals surface area (Å²) in [6.07, 6.45) is 10.1. The zero-order chi connectivity index (χ0) is 19.5. The summed E-state index contributed by atoms with van der Waals surface area (Å²) in [6.45, 7) is 0.112. The van der Waals surface area contributed by atoms with Crippen molar-refractivity contribution in [2.24, 2.45) is 0 Å². The zero-order valence-electron chi connectivity index (χ0n) is 16.1. The molecular formula is C22H26N2O4. The van der Waals surface area contributed by atoms with Crippen LogP contribution in [0, 0.1) is 0 Å². The standard InChI is InChI=1S/C22H26N2O4/c1-24-19-11-4-5-12-20(19)27-14-18(22(24)26)23-21(25)15-7-6-10-17(13-15)28-16-8-2-3-9-16/h4-5,10-13,16,18H,2-3,6-9,14H2,1H3,(H,23,25)/t18-/m0/s1. The number of anilines is 1. The summed E-state index contributed by atoms with van der Waals surface area (Å²) in [7, 11) is 1.70. The molecule has 1 heterocycles. The van der Waals surface area contributed by atoms with Crippen LogP contribution < -0.4 is 15.0 Å². The predicted molar refractivity (Wildman–Crippen MR) is 106 cm³/mol. The molecular weight excluding hydrogens is 356 g/mol. The molecule has 1 N–H and O–H groups in total. The Bertz CT molecular complexity index is 824. The number of carbonyl (C=O) groups excluding carboxylic acids is 2. The SMILES string of the molecule is CN1C(=O)[C@@H](NC(=O)C2=CC(OC3CCCC3)=CCC2)COc2ccccc21. The Kier molecular flexibility index (Phi) is 5.37. The summed E-state index contributed by atoms with van der Waals surface area (Å²) < 4.78 is 11.8. The normalized spacial score (nSPS) is 22.5. The monoisotopic (exact) mass is 382 g/mol. The molecule has 1 fully saturated rings. The van der Waals surface area contributed by atoms with Crippen LogP contribution in [0.15, 0.2) is 47.7 Å². The minimum atomic E-state index is -0.726. The Labute approximate surface area is 165 Å². The van der Waals surface area contributed by atoms with Gasteiger partial charge in [-0.05, 0) is 62.8 Å². The number of amides is 2. The molecule has 2 aliphatic carbocycles. The number of allylic oxidation sites excluding steroid dienone is 2. The smallest absolute Gasteiger partial charge is 0.252 e. The Morgan fingerprint density at radius 1 is 1.25 bits per heavy atom. The summed E-state index contributed by atoms with van der Waals surface area (Å²) >= 11 is 0. The third-order valence-electron chi connectivity index (χ3n) is 5.54. The van der Waals surface area contributed by atoms with E-state index in [0.717, 1.165) is 25.0 Å². The second-order valence-corrected chi connectivity index (χ2v) is 7.54. The molecule has 1 aromatic carbocycles. The molecule has 0 radical (unpaired) electrons. The highest BCUT2D eigenvalue weighted by Gasteiger charge is 2.31. The number of para-hydroxylation sites is 2. The topological polar surface area (TPSA) is 67.9 Å². The molecule has 3 aliphatic rings. The highest BCUT2D eigenvalue weighted by molar-refractivity contribution is 6.03. The molecule has 6 nitrogen and oxygen atoms in total. The Hall–Kier alpha value is -2.76. The van der Waals surface area contributed by atoms with Gasteiger partial charge in [-0.15, -0.1) is 0 Å². The van der Waals surface area contributed by atoms with Gasteiger partial charge in [0, 0.05) is 12.6 Å². The molecule has 1 atom stereocenters. The summed E-state index contributed by atoms with van der Waals surface area (Å²) in [5.74, 6) is 0.994. The third kappa shape index (κ3) is 3.91. The molecule has 6 heteroatoms. The molecule has 0 unspecified atom stereocenters. The van der Waals surface area contributed by atoms with Crippen LogP contribution in [0.2, 0.25) is 0 Å². The summed E-state index contributed by atoms with van der Waals surface area (Å²) in [6, 6.07) is 6.65. The molecule has 2 amide bonds. The van der Waals surface area contributed by atoms with Crippen LogP contribution in [0.1, 0.15) is 38.5 Å². The second kappa shape index (κ2) is 8.09. The number of hydrogen-bond donors (Lipinski definition) is 1. The molecule has 28 heavy (non-hydrogen) atoms. The third-order valence-corrected chi connectivity index (χ3v) is 5.54. The van der Waals surface area contributed by atoms with Gasteiger partial charge >= 0.3 is 0 Å². The second-order valence-electron chi connectivity index (χ2n) is 7.54. The van der Waals surface area contributed by atoms with Crippen LogP contribution in [0.3, 0.4) is 0 Å². The number of likely N-dealkylation sites (N-methyl/N-ethyl adjacent to an activating group) is 1. The zero-order valence-corrected chi connectivity index (χ0v) is 16.1. The van der Waals surface area contributed by atoms with E-state index in [-0.39, 0.29) is 24.5 Å². The van der Waals surface area contributed by atoms with Crippen molar-refractivity contribution in [3.8, 4) is 5.75 Å². The fraction of sp³-hybridized carbons (Fsp3) is 0.455. The van der Waals surface area contributed by atoms with Crippen molar-refractivity contribution in [2.45, 2.75) is 50.7 Å². The summed E-state index contributed by atoms with van der Waals surface area (Å²) in [4.78, 5) is 27.1. The van der Waals surface area contributed by atoms with Gasteiger partial charge in [0.2, 0.25) is 5.91 Å². The molecule has 0 aromatic heterocycles. The number of fused-ring (bicyclic) bond motifs is 1. The lowest BCUT2D eigenvalue weighted by Gasteiger charge is -2.22. The molecule has 4 rings (SSSR count). The van der Waals surface area contributed by atoms with Gasteiger partial charge in [-0.1, -0.05) is 12.1 Å². The molecule has 1 saturated carbocycles. The average Bonchev–Trinajstić information content (AvgIpc) is 3.19. The minimum Gasteiger partial charge on any atom is -0.491 e. The van der Waals surface area contributed by atoms with Gasteiger partial charge in [0.15, 0.2) is 0 Å². The minimum absolute atomic E-state index is 0.112. The van der Waals surface area contributed by atoms with Gasteiger partial charge < -0.3 is 19.7 Å². The first kappa shape index (κ1) is 18.6. The molecule has 0 bridgehead atoms. The average molecular weight is 382 g/mol. The van der Waals surface area contributed by atoms with E-state index in [1.54, 1.807) is 7.05 Å². The van der Waals surface area contributed by atoms with Crippen LogP contribution in [-0.2, 0) is 14.3 Å². The van der Waals surface area contributed by atoms with E-state index in [9.17, 15) is 9.59 Å². The number of rotatable bonds is 4. The van der Waals surface area contributed by atoms with Crippen LogP contribution in [-0.4, -0.2) is 37.6 Å². The van der Waals surface area contributed by atoms with Crippen molar-refractivity contribution in [1.29, 1.82) is 0 Å². The number of nitrogens with one attached hydrogen (secondary N) is 1. The van der Waals surface area contributed by atoms with Gasteiger partial charge in [-0.2, -0.15) is 0 Å². The van der Waals surface area contributed by atoms with Gasteiger partial charge in [0.1, 0.15) is 24.2 Å². The van der Waals surface area contributed by atoms with Crippen molar-refractivity contribution in [2.75, 3.05) is 18.6 Å². The Morgan fingerprint density at radius 2 is 2.04 bits per heavy atom. The molecule has 0 saturated heterocycles. The fourth-order valence-electron chi connectivity index (χ4n) is 3.94. The van der Waals surface area contributed by atoms with Crippen LogP contribution in [0.5, 0.6) is 5.75 Å². The van der Waals surface area contributed by atoms with Crippen LogP contribution in [0.4, 0.5) is 5.69 Å².